The van der Waals surface area contributed by atoms with Crippen molar-refractivity contribution < 1.29 is 24.5 Å². The fourth-order valence-corrected chi connectivity index (χ4v) is 5.96. The minimum absolute atomic E-state index is 0.000866. The highest BCUT2D eigenvalue weighted by Crippen LogP contribution is 2.46. The van der Waals surface area contributed by atoms with Gasteiger partial charge in [0.1, 0.15) is 5.75 Å². The molecule has 0 bridgehead atoms. The first kappa shape index (κ1) is 31.5. The number of benzene rings is 3. The summed E-state index contributed by atoms with van der Waals surface area (Å²) in [7, 11) is 0. The number of halogens is 1. The number of hydrazine groups is 1. The minimum Gasteiger partial charge on any atom is -0.494 e. The first-order chi connectivity index (χ1) is 21.4. The van der Waals surface area contributed by atoms with Gasteiger partial charge in [0, 0.05) is 51.7 Å². The van der Waals surface area contributed by atoms with Crippen molar-refractivity contribution in [3.8, 4) is 5.75 Å². The molecular weight excluding hydrogens is 628 g/mol. The van der Waals surface area contributed by atoms with Crippen molar-refractivity contribution in [2.45, 2.75) is 62.3 Å². The highest BCUT2D eigenvalue weighted by Gasteiger charge is 2.54. The molecule has 2 aliphatic rings. The molecule has 12 heteroatoms. The fraction of sp³-hybridized carbons (Fsp3) is 0.375. The predicted molar refractivity (Wildman–Crippen MR) is 169 cm³/mol. The molecule has 3 aromatic rings. The van der Waals surface area contributed by atoms with Crippen LogP contribution in [0.2, 0.25) is 0 Å². The number of nitrogens with zero attached hydrogens (tertiary/aromatic N) is 4. The third-order valence-corrected chi connectivity index (χ3v) is 8.68. The predicted octanol–water partition coefficient (Wildman–Crippen LogP) is 5.58. The fourth-order valence-electron chi connectivity index (χ4n) is 5.54. The molecule has 230 valence electrons. The van der Waals surface area contributed by atoms with Gasteiger partial charge in [-0.05, 0) is 67.1 Å². The number of rotatable bonds is 12. The zero-order valence-electron chi connectivity index (χ0n) is 24.1. The molecule has 1 heterocycles. The van der Waals surface area contributed by atoms with Crippen molar-refractivity contribution in [1.82, 2.24) is 10.9 Å². The molecule has 11 nitrogen and oxygen atoms in total. The number of carbonyl (C=O) groups is 1. The van der Waals surface area contributed by atoms with E-state index >= 15 is 0 Å². The Kier molecular flexibility index (Phi) is 10.5. The van der Waals surface area contributed by atoms with E-state index in [1.165, 1.54) is 0 Å². The molecule has 1 aliphatic heterocycles. The SMILES string of the molecule is [N-]=[N+]=Nc1ccccc1[C@@H]1OC(c2ccc(OCCCO)cc2)=N[C@]1(Cc1ccccc1Br)C(=O)NNC1CCC(O)CC1. The van der Waals surface area contributed by atoms with Gasteiger partial charge in [-0.2, -0.15) is 0 Å². The molecule has 2 atom stereocenters. The summed E-state index contributed by atoms with van der Waals surface area (Å²) in [5, 5.41) is 22.9. The van der Waals surface area contributed by atoms with Gasteiger partial charge in [0.05, 0.1) is 12.7 Å². The number of carbonyl (C=O) groups excluding carboxylic acids is 1. The van der Waals surface area contributed by atoms with Gasteiger partial charge in [-0.3, -0.25) is 10.2 Å². The van der Waals surface area contributed by atoms with Crippen molar-refractivity contribution in [2.75, 3.05) is 13.2 Å². The van der Waals surface area contributed by atoms with Crippen molar-refractivity contribution >= 4 is 33.4 Å². The topological polar surface area (TPSA) is 161 Å². The molecule has 0 unspecified atom stereocenters. The Bertz CT molecular complexity index is 1520. The lowest BCUT2D eigenvalue weighted by Gasteiger charge is -2.33. The molecule has 1 fully saturated rings. The van der Waals surface area contributed by atoms with Gasteiger partial charge in [-0.1, -0.05) is 63.5 Å². The Labute approximate surface area is 264 Å². The second-order valence-corrected chi connectivity index (χ2v) is 11.8. The molecule has 5 rings (SSSR count). The smallest absolute Gasteiger partial charge is 0.266 e. The lowest BCUT2D eigenvalue weighted by atomic mass is 9.81. The zero-order valence-corrected chi connectivity index (χ0v) is 25.7. The second kappa shape index (κ2) is 14.7. The second-order valence-electron chi connectivity index (χ2n) is 10.9. The number of aliphatic hydroxyl groups excluding tert-OH is 2. The molecule has 1 saturated carbocycles. The van der Waals surface area contributed by atoms with Crippen LogP contribution in [0.4, 0.5) is 5.69 Å². The van der Waals surface area contributed by atoms with Crippen LogP contribution in [0.15, 0.2) is 87.4 Å². The highest BCUT2D eigenvalue weighted by molar-refractivity contribution is 9.10. The van der Waals surface area contributed by atoms with Crippen LogP contribution < -0.4 is 15.6 Å². The number of aliphatic imine (C=N–C) groups is 1. The van der Waals surface area contributed by atoms with E-state index in [2.05, 4.69) is 36.8 Å². The van der Waals surface area contributed by atoms with Crippen LogP contribution in [0.3, 0.4) is 0 Å². The maximum absolute atomic E-state index is 14.5. The molecule has 1 amide bonds. The van der Waals surface area contributed by atoms with Crippen LogP contribution in [-0.2, 0) is 16.0 Å². The van der Waals surface area contributed by atoms with Crippen LogP contribution in [0, 0.1) is 0 Å². The van der Waals surface area contributed by atoms with E-state index in [-0.39, 0.29) is 31.1 Å². The van der Waals surface area contributed by atoms with E-state index in [0.29, 0.717) is 48.4 Å². The number of hydrogen-bond acceptors (Lipinski definition) is 8. The van der Waals surface area contributed by atoms with Gasteiger partial charge >= 0.3 is 0 Å². The number of aliphatic hydroxyl groups is 2. The van der Waals surface area contributed by atoms with E-state index in [1.807, 2.05) is 36.4 Å². The largest absolute Gasteiger partial charge is 0.494 e. The summed E-state index contributed by atoms with van der Waals surface area (Å²) < 4.78 is 13.1. The molecule has 0 aromatic heterocycles. The molecular formula is C32H35BrN6O5. The van der Waals surface area contributed by atoms with Gasteiger partial charge in [-0.15, -0.1) is 0 Å². The third-order valence-electron chi connectivity index (χ3n) is 7.91. The van der Waals surface area contributed by atoms with Crippen molar-refractivity contribution in [1.29, 1.82) is 0 Å². The summed E-state index contributed by atoms with van der Waals surface area (Å²) in [5.41, 5.74) is 16.3. The monoisotopic (exact) mass is 662 g/mol. The molecule has 3 aromatic carbocycles. The van der Waals surface area contributed by atoms with Crippen LogP contribution in [0.25, 0.3) is 10.4 Å². The Morgan fingerprint density at radius 2 is 1.82 bits per heavy atom. The van der Waals surface area contributed by atoms with Crippen LogP contribution in [-0.4, -0.2) is 52.9 Å². The number of ether oxygens (including phenoxy) is 2. The van der Waals surface area contributed by atoms with E-state index in [0.717, 1.165) is 22.9 Å². The molecule has 0 radical (unpaired) electrons. The first-order valence-corrected chi connectivity index (χ1v) is 15.4. The van der Waals surface area contributed by atoms with E-state index < -0.39 is 17.6 Å². The average molecular weight is 664 g/mol. The van der Waals surface area contributed by atoms with E-state index in [4.69, 9.17) is 19.6 Å². The van der Waals surface area contributed by atoms with Gasteiger partial charge in [0.15, 0.2) is 11.6 Å². The number of azide groups is 1. The first-order valence-electron chi connectivity index (χ1n) is 14.7. The van der Waals surface area contributed by atoms with Crippen molar-refractivity contribution in [2.24, 2.45) is 10.1 Å². The Morgan fingerprint density at radius 3 is 2.55 bits per heavy atom. The lowest BCUT2D eigenvalue weighted by Crippen LogP contribution is -2.56. The summed E-state index contributed by atoms with van der Waals surface area (Å²) in [6.45, 7) is 0.425. The van der Waals surface area contributed by atoms with E-state index in [1.54, 1.807) is 36.4 Å². The van der Waals surface area contributed by atoms with Gasteiger partial charge in [-0.25, -0.2) is 10.4 Å². The number of amides is 1. The summed E-state index contributed by atoms with van der Waals surface area (Å²) in [6.07, 6.45) is 2.18. The quantitative estimate of drug-likeness (QED) is 0.0651. The van der Waals surface area contributed by atoms with Crippen LogP contribution >= 0.6 is 15.9 Å². The Balaban J connectivity index is 1.57. The Morgan fingerprint density at radius 1 is 1.09 bits per heavy atom. The Hall–Kier alpha value is -3.93. The molecule has 1 aliphatic carbocycles. The standard InChI is InChI=1S/C32H35BrN6O5/c33-27-8-3-1-6-22(27)20-32(31(42)38-36-23-12-14-24(41)15-13-23)29(26-7-2-4-9-28(26)37-39-34)44-30(35-32)21-10-16-25(17-11-21)43-19-5-18-40/h1-4,6-11,16-17,23-24,29,36,40-41H,5,12-15,18-20H2,(H,38,42)/t23?,24?,29-,32-/m0/s1. The molecule has 4 N–H and O–H groups in total. The maximum Gasteiger partial charge on any atom is 0.266 e. The summed E-state index contributed by atoms with van der Waals surface area (Å²) in [6, 6.07) is 21.8. The van der Waals surface area contributed by atoms with Crippen LogP contribution in [0.5, 0.6) is 5.75 Å². The minimum atomic E-state index is -1.50. The van der Waals surface area contributed by atoms with Gasteiger partial charge < -0.3 is 19.7 Å². The maximum atomic E-state index is 14.5. The lowest BCUT2D eigenvalue weighted by molar-refractivity contribution is -0.130. The number of nitrogens with one attached hydrogen (secondary N) is 2. The third kappa shape index (κ3) is 7.23. The summed E-state index contributed by atoms with van der Waals surface area (Å²) in [5.74, 6) is 0.486. The van der Waals surface area contributed by atoms with Crippen LogP contribution in [0.1, 0.15) is 54.9 Å². The summed E-state index contributed by atoms with van der Waals surface area (Å²) in [4.78, 5) is 22.5. The van der Waals surface area contributed by atoms with E-state index in [9.17, 15) is 15.4 Å². The summed E-state index contributed by atoms with van der Waals surface area (Å²) >= 11 is 3.64. The van der Waals surface area contributed by atoms with Crippen molar-refractivity contribution in [3.05, 3.63) is 104 Å². The molecule has 0 saturated heterocycles. The molecule has 0 spiro atoms. The number of hydrogen-bond donors (Lipinski definition) is 4. The zero-order chi connectivity index (χ0) is 30.9. The highest BCUT2D eigenvalue weighted by atomic mass is 79.9. The molecule has 44 heavy (non-hydrogen) atoms. The van der Waals surface area contributed by atoms with Gasteiger partial charge in [0.2, 0.25) is 5.90 Å². The normalized spacial score (nSPS) is 22.8. The van der Waals surface area contributed by atoms with Gasteiger partial charge in [0.25, 0.3) is 5.91 Å². The van der Waals surface area contributed by atoms with Crippen molar-refractivity contribution in [3.63, 3.8) is 0 Å². The average Bonchev–Trinajstić information content (AvgIpc) is 3.43.